The number of carbonyl (C=O) groups is 1. The number of aliphatic hydroxyl groups is 1. The van der Waals surface area contributed by atoms with E-state index < -0.39 is 6.10 Å². The zero-order chi connectivity index (χ0) is 17.9. The van der Waals surface area contributed by atoms with E-state index in [1.165, 1.54) is 19.3 Å². The number of hydrogen-bond acceptors (Lipinski definition) is 6. The summed E-state index contributed by atoms with van der Waals surface area (Å²) < 4.78 is 1.08. The largest absolute Gasteiger partial charge is 0.391 e. The quantitative estimate of drug-likeness (QED) is 0.722. The van der Waals surface area contributed by atoms with Gasteiger partial charge >= 0.3 is 0 Å². The van der Waals surface area contributed by atoms with Crippen LogP contribution in [0.3, 0.4) is 0 Å². The smallest absolute Gasteiger partial charge is 0.276 e. The van der Waals surface area contributed by atoms with Crippen LogP contribution in [0.1, 0.15) is 37.7 Å². The van der Waals surface area contributed by atoms with Gasteiger partial charge in [-0.05, 0) is 42.5 Å². The lowest BCUT2D eigenvalue weighted by atomic mass is 9.85. The van der Waals surface area contributed by atoms with E-state index in [1.54, 1.807) is 17.4 Å². The third-order valence-electron chi connectivity index (χ3n) is 5.03. The van der Waals surface area contributed by atoms with E-state index in [9.17, 15) is 9.90 Å². The first-order chi connectivity index (χ1) is 12.7. The summed E-state index contributed by atoms with van der Waals surface area (Å²) in [6.07, 6.45) is 7.16. The molecule has 1 saturated carbocycles. The second kappa shape index (κ2) is 7.55. The Bertz CT molecular complexity index is 867. The van der Waals surface area contributed by atoms with Crippen LogP contribution in [0.25, 0.3) is 16.3 Å². The van der Waals surface area contributed by atoms with Crippen molar-refractivity contribution in [1.29, 1.82) is 0 Å². The Hall–Kier alpha value is -2.25. The van der Waals surface area contributed by atoms with E-state index in [-0.39, 0.29) is 5.91 Å². The Kier molecular flexibility index (Phi) is 4.99. The molecule has 2 heterocycles. The zero-order valence-electron chi connectivity index (χ0n) is 14.4. The zero-order valence-corrected chi connectivity index (χ0v) is 15.3. The number of nitrogens with one attached hydrogen (secondary N) is 2. The van der Waals surface area contributed by atoms with E-state index in [2.05, 4.69) is 20.6 Å². The fraction of sp³-hybridized carbons (Fsp3) is 0.421. The van der Waals surface area contributed by atoms with Crippen molar-refractivity contribution < 1.29 is 9.90 Å². The highest BCUT2D eigenvalue weighted by Gasteiger charge is 2.24. The second-order valence-corrected chi connectivity index (χ2v) is 7.76. The van der Waals surface area contributed by atoms with Crippen molar-refractivity contribution in [2.75, 3.05) is 6.54 Å². The van der Waals surface area contributed by atoms with Crippen LogP contribution in [-0.2, 0) is 4.79 Å². The summed E-state index contributed by atoms with van der Waals surface area (Å²) >= 11 is 1.57. The van der Waals surface area contributed by atoms with Gasteiger partial charge in [0.15, 0.2) is 0 Å². The number of benzene rings is 1. The average molecular weight is 370 g/mol. The van der Waals surface area contributed by atoms with Gasteiger partial charge in [0.2, 0.25) is 5.96 Å². The molecule has 4 rings (SSSR count). The molecule has 1 aromatic heterocycles. The minimum absolute atomic E-state index is 0.232. The molecule has 1 aliphatic heterocycles. The van der Waals surface area contributed by atoms with Crippen molar-refractivity contribution in [1.82, 2.24) is 15.6 Å². The van der Waals surface area contributed by atoms with Crippen molar-refractivity contribution in [3.05, 3.63) is 35.0 Å². The van der Waals surface area contributed by atoms with Gasteiger partial charge in [-0.3, -0.25) is 10.1 Å². The Morgan fingerprint density at radius 1 is 1.35 bits per heavy atom. The number of aliphatic hydroxyl groups excluding tert-OH is 1. The SMILES string of the molecule is O=C1NC(NCC(O)C2CCCCC2)=N/C1=C\c1ccc2ncsc2c1. The number of rotatable bonds is 4. The fourth-order valence-electron chi connectivity index (χ4n) is 3.56. The number of fused-ring (bicyclic) bond motifs is 1. The summed E-state index contributed by atoms with van der Waals surface area (Å²) in [6, 6.07) is 5.87. The number of amides is 1. The molecule has 1 aromatic carbocycles. The van der Waals surface area contributed by atoms with E-state index in [1.807, 2.05) is 23.7 Å². The first kappa shape index (κ1) is 17.2. The van der Waals surface area contributed by atoms with E-state index in [4.69, 9.17) is 0 Å². The van der Waals surface area contributed by atoms with Gasteiger partial charge in [0.05, 0.1) is 21.8 Å². The number of aromatic nitrogens is 1. The number of thiazole rings is 1. The van der Waals surface area contributed by atoms with Crippen LogP contribution in [-0.4, -0.2) is 34.6 Å². The first-order valence-electron chi connectivity index (χ1n) is 9.06. The monoisotopic (exact) mass is 370 g/mol. The summed E-state index contributed by atoms with van der Waals surface area (Å²) in [5.74, 6) is 0.522. The topological polar surface area (TPSA) is 86.6 Å². The van der Waals surface area contributed by atoms with Crippen molar-refractivity contribution in [3.63, 3.8) is 0 Å². The van der Waals surface area contributed by atoms with E-state index >= 15 is 0 Å². The minimum Gasteiger partial charge on any atom is -0.391 e. The third-order valence-corrected chi connectivity index (χ3v) is 5.82. The molecule has 1 fully saturated rings. The molecule has 26 heavy (non-hydrogen) atoms. The molecule has 0 saturated heterocycles. The van der Waals surface area contributed by atoms with Gasteiger partial charge in [-0.25, -0.2) is 9.98 Å². The molecular formula is C19H22N4O2S. The Labute approximate surface area is 156 Å². The fourth-order valence-corrected chi connectivity index (χ4v) is 4.28. The predicted octanol–water partition coefficient (Wildman–Crippen LogP) is 2.65. The summed E-state index contributed by atoms with van der Waals surface area (Å²) in [7, 11) is 0. The van der Waals surface area contributed by atoms with Crippen LogP contribution in [0, 0.1) is 5.92 Å². The maximum Gasteiger partial charge on any atom is 0.276 e. The highest BCUT2D eigenvalue weighted by molar-refractivity contribution is 7.16. The number of hydrogen-bond donors (Lipinski definition) is 3. The molecule has 7 heteroatoms. The van der Waals surface area contributed by atoms with Gasteiger partial charge in [0.1, 0.15) is 5.70 Å². The van der Waals surface area contributed by atoms with Crippen LogP contribution in [0.5, 0.6) is 0 Å². The van der Waals surface area contributed by atoms with Crippen molar-refractivity contribution >= 4 is 39.5 Å². The molecule has 1 atom stereocenters. The number of aliphatic imine (C=N–C) groups is 1. The van der Waals surface area contributed by atoms with Gasteiger partial charge in [-0.1, -0.05) is 25.3 Å². The summed E-state index contributed by atoms with van der Waals surface area (Å²) in [4.78, 5) is 20.7. The van der Waals surface area contributed by atoms with Crippen LogP contribution in [0.15, 0.2) is 34.4 Å². The van der Waals surface area contributed by atoms with Crippen LogP contribution in [0.2, 0.25) is 0 Å². The Balaban J connectivity index is 1.41. The van der Waals surface area contributed by atoms with Crippen molar-refractivity contribution in [2.45, 2.75) is 38.2 Å². The summed E-state index contributed by atoms with van der Waals surface area (Å²) in [5.41, 5.74) is 4.04. The van der Waals surface area contributed by atoms with Gasteiger partial charge in [-0.2, -0.15) is 0 Å². The van der Waals surface area contributed by atoms with Crippen molar-refractivity contribution in [3.8, 4) is 0 Å². The van der Waals surface area contributed by atoms with Crippen molar-refractivity contribution in [2.24, 2.45) is 10.9 Å². The van der Waals surface area contributed by atoms with Gasteiger partial charge < -0.3 is 10.4 Å². The molecule has 1 amide bonds. The molecule has 0 radical (unpaired) electrons. The number of guanidine groups is 1. The first-order valence-corrected chi connectivity index (χ1v) is 9.94. The standard InChI is InChI=1S/C19H22N4O2S/c24-16(13-4-2-1-3-5-13)10-20-19-22-15(18(25)23-19)8-12-6-7-14-17(9-12)26-11-21-14/h6-9,11,13,16,24H,1-5,10H2,(H2,20,22,23,25)/b15-8-. The molecule has 2 aromatic rings. The molecule has 2 aliphatic rings. The Morgan fingerprint density at radius 2 is 2.19 bits per heavy atom. The Morgan fingerprint density at radius 3 is 3.04 bits per heavy atom. The summed E-state index contributed by atoms with van der Waals surface area (Å²) in [5, 5.41) is 16.1. The number of carbonyl (C=O) groups excluding carboxylic acids is 1. The van der Waals surface area contributed by atoms with Gasteiger partial charge in [0, 0.05) is 6.54 Å². The lowest BCUT2D eigenvalue weighted by molar-refractivity contribution is -0.115. The molecule has 0 spiro atoms. The molecule has 3 N–H and O–H groups in total. The van der Waals surface area contributed by atoms with E-state index in [0.29, 0.717) is 24.1 Å². The molecule has 6 nitrogen and oxygen atoms in total. The maximum atomic E-state index is 12.1. The predicted molar refractivity (Wildman–Crippen MR) is 104 cm³/mol. The third kappa shape index (κ3) is 3.78. The highest BCUT2D eigenvalue weighted by Crippen LogP contribution is 2.26. The second-order valence-electron chi connectivity index (χ2n) is 6.87. The lowest BCUT2D eigenvalue weighted by Gasteiger charge is -2.26. The molecule has 1 unspecified atom stereocenters. The van der Waals surface area contributed by atoms with E-state index in [0.717, 1.165) is 28.6 Å². The lowest BCUT2D eigenvalue weighted by Crippen LogP contribution is -2.42. The normalized spacial score (nSPS) is 21.0. The molecule has 136 valence electrons. The molecular weight excluding hydrogens is 348 g/mol. The molecule has 1 aliphatic carbocycles. The molecule has 0 bridgehead atoms. The number of nitrogens with zero attached hydrogens (tertiary/aromatic N) is 2. The van der Waals surface area contributed by atoms with Crippen LogP contribution in [0.4, 0.5) is 0 Å². The van der Waals surface area contributed by atoms with Gasteiger partial charge in [0.25, 0.3) is 5.91 Å². The van der Waals surface area contributed by atoms with Crippen LogP contribution < -0.4 is 10.6 Å². The summed E-state index contributed by atoms with van der Waals surface area (Å²) in [6.45, 7) is 0.407. The van der Waals surface area contributed by atoms with Crippen LogP contribution >= 0.6 is 11.3 Å². The average Bonchev–Trinajstić information content (AvgIpc) is 3.27. The minimum atomic E-state index is -0.406. The highest BCUT2D eigenvalue weighted by atomic mass is 32.1. The van der Waals surface area contributed by atoms with Gasteiger partial charge in [-0.15, -0.1) is 11.3 Å². The maximum absolute atomic E-state index is 12.1.